The van der Waals surface area contributed by atoms with Crippen LogP contribution in [-0.4, -0.2) is 36.4 Å². The number of hydrogen-bond donors (Lipinski definition) is 2. The van der Waals surface area contributed by atoms with Crippen LogP contribution in [-0.2, 0) is 12.8 Å². The number of carboxylic acid groups (broad SMARTS) is 1. The molecule has 0 radical (unpaired) electrons. The minimum absolute atomic E-state index is 0.254. The SMILES string of the molecule is CCc1cc(OC)c(CC(C)NC(=O)O)nc1OC. The quantitative estimate of drug-likeness (QED) is 0.823. The molecule has 1 aromatic heterocycles. The molecule has 0 saturated carbocycles. The van der Waals surface area contributed by atoms with Crippen LogP contribution in [0, 0.1) is 0 Å². The van der Waals surface area contributed by atoms with Crippen molar-refractivity contribution in [1.82, 2.24) is 10.3 Å². The lowest BCUT2D eigenvalue weighted by atomic mass is 10.1. The number of amides is 1. The highest BCUT2D eigenvalue weighted by molar-refractivity contribution is 5.64. The summed E-state index contributed by atoms with van der Waals surface area (Å²) in [6.07, 6.45) is 0.176. The maximum Gasteiger partial charge on any atom is 0.404 e. The van der Waals surface area contributed by atoms with E-state index in [-0.39, 0.29) is 6.04 Å². The smallest absolute Gasteiger partial charge is 0.404 e. The van der Waals surface area contributed by atoms with Crippen molar-refractivity contribution in [1.29, 1.82) is 0 Å². The van der Waals surface area contributed by atoms with E-state index in [1.165, 1.54) is 0 Å². The molecule has 0 bridgehead atoms. The fourth-order valence-corrected chi connectivity index (χ4v) is 1.86. The van der Waals surface area contributed by atoms with Crippen molar-refractivity contribution in [2.24, 2.45) is 0 Å². The molecule has 19 heavy (non-hydrogen) atoms. The monoisotopic (exact) mass is 268 g/mol. The van der Waals surface area contributed by atoms with Crippen LogP contribution >= 0.6 is 0 Å². The van der Waals surface area contributed by atoms with Gasteiger partial charge in [0.25, 0.3) is 0 Å². The van der Waals surface area contributed by atoms with Crippen molar-refractivity contribution in [2.75, 3.05) is 14.2 Å². The van der Waals surface area contributed by atoms with Crippen molar-refractivity contribution < 1.29 is 19.4 Å². The summed E-state index contributed by atoms with van der Waals surface area (Å²) in [5.74, 6) is 1.21. The normalized spacial score (nSPS) is 11.8. The molecule has 0 aliphatic carbocycles. The Morgan fingerprint density at radius 1 is 1.47 bits per heavy atom. The molecule has 1 atom stereocenters. The molecular weight excluding hydrogens is 248 g/mol. The number of aryl methyl sites for hydroxylation is 1. The van der Waals surface area contributed by atoms with Gasteiger partial charge in [0.1, 0.15) is 5.75 Å². The van der Waals surface area contributed by atoms with E-state index >= 15 is 0 Å². The molecule has 106 valence electrons. The fraction of sp³-hybridized carbons (Fsp3) is 0.538. The van der Waals surface area contributed by atoms with Crippen LogP contribution in [0.25, 0.3) is 0 Å². The first kappa shape index (κ1) is 15.1. The van der Waals surface area contributed by atoms with E-state index in [1.54, 1.807) is 21.1 Å². The summed E-state index contributed by atoms with van der Waals surface area (Å²) >= 11 is 0. The highest BCUT2D eigenvalue weighted by Gasteiger charge is 2.15. The average Bonchev–Trinajstić information content (AvgIpc) is 2.37. The van der Waals surface area contributed by atoms with E-state index in [9.17, 15) is 4.79 Å². The lowest BCUT2D eigenvalue weighted by Gasteiger charge is -2.16. The molecule has 6 heteroatoms. The van der Waals surface area contributed by atoms with Gasteiger partial charge in [-0.3, -0.25) is 0 Å². The third-order valence-corrected chi connectivity index (χ3v) is 2.76. The molecule has 1 heterocycles. The van der Waals surface area contributed by atoms with Gasteiger partial charge in [-0.15, -0.1) is 0 Å². The van der Waals surface area contributed by atoms with E-state index in [0.29, 0.717) is 23.7 Å². The molecule has 0 aliphatic heterocycles. The highest BCUT2D eigenvalue weighted by atomic mass is 16.5. The van der Waals surface area contributed by atoms with Gasteiger partial charge < -0.3 is 19.9 Å². The minimum atomic E-state index is -1.05. The zero-order valence-corrected chi connectivity index (χ0v) is 11.7. The lowest BCUT2D eigenvalue weighted by molar-refractivity contribution is 0.190. The number of nitrogens with one attached hydrogen (secondary N) is 1. The summed E-state index contributed by atoms with van der Waals surface area (Å²) in [6, 6.07) is 1.63. The third kappa shape index (κ3) is 4.01. The number of rotatable bonds is 6. The van der Waals surface area contributed by atoms with Gasteiger partial charge in [0.15, 0.2) is 0 Å². The molecule has 6 nitrogen and oxygen atoms in total. The van der Waals surface area contributed by atoms with E-state index in [1.807, 2.05) is 13.0 Å². The van der Waals surface area contributed by atoms with Gasteiger partial charge in [-0.05, 0) is 19.4 Å². The number of aromatic nitrogens is 1. The van der Waals surface area contributed by atoms with E-state index in [4.69, 9.17) is 14.6 Å². The van der Waals surface area contributed by atoms with Gasteiger partial charge in [0.05, 0.1) is 19.9 Å². The Hall–Kier alpha value is -1.98. The van der Waals surface area contributed by atoms with Crippen LogP contribution in [0.15, 0.2) is 6.07 Å². The van der Waals surface area contributed by atoms with Crippen molar-refractivity contribution in [3.63, 3.8) is 0 Å². The molecule has 0 fully saturated rings. The molecule has 1 amide bonds. The second-order valence-electron chi connectivity index (χ2n) is 4.21. The van der Waals surface area contributed by atoms with Crippen LogP contribution < -0.4 is 14.8 Å². The highest BCUT2D eigenvalue weighted by Crippen LogP contribution is 2.26. The first-order valence-electron chi connectivity index (χ1n) is 6.12. The Balaban J connectivity index is 3.01. The zero-order valence-electron chi connectivity index (χ0n) is 11.7. The van der Waals surface area contributed by atoms with Gasteiger partial charge >= 0.3 is 6.09 Å². The lowest BCUT2D eigenvalue weighted by Crippen LogP contribution is -2.33. The number of pyridine rings is 1. The molecule has 0 saturated heterocycles. The van der Waals surface area contributed by atoms with Gasteiger partial charge in [-0.1, -0.05) is 6.92 Å². The Bertz CT molecular complexity index is 449. The maximum atomic E-state index is 10.6. The van der Waals surface area contributed by atoms with Crippen LogP contribution in [0.1, 0.15) is 25.1 Å². The first-order valence-corrected chi connectivity index (χ1v) is 6.12. The molecule has 0 aliphatic rings. The van der Waals surface area contributed by atoms with E-state index in [2.05, 4.69) is 10.3 Å². The van der Waals surface area contributed by atoms with Gasteiger partial charge in [0, 0.05) is 18.0 Å². The predicted octanol–water partition coefficient (Wildman–Crippen LogP) is 1.86. The Kier molecular flexibility index (Phi) is 5.41. The maximum absolute atomic E-state index is 10.6. The molecule has 1 unspecified atom stereocenters. The van der Waals surface area contributed by atoms with Crippen LogP contribution in [0.5, 0.6) is 11.6 Å². The van der Waals surface area contributed by atoms with Crippen molar-refractivity contribution in [3.8, 4) is 11.6 Å². The van der Waals surface area contributed by atoms with E-state index < -0.39 is 6.09 Å². The second-order valence-corrected chi connectivity index (χ2v) is 4.21. The van der Waals surface area contributed by atoms with Crippen molar-refractivity contribution >= 4 is 6.09 Å². The Morgan fingerprint density at radius 3 is 2.63 bits per heavy atom. The molecule has 0 aromatic carbocycles. The number of carbonyl (C=O) groups is 1. The summed E-state index contributed by atoms with van der Waals surface area (Å²) in [7, 11) is 3.14. The van der Waals surface area contributed by atoms with E-state index in [0.717, 1.165) is 12.0 Å². The summed E-state index contributed by atoms with van der Waals surface area (Å²) in [4.78, 5) is 15.0. The second kappa shape index (κ2) is 6.82. The Labute approximate surface area is 112 Å². The molecular formula is C13H20N2O4. The summed E-state index contributed by atoms with van der Waals surface area (Å²) in [6.45, 7) is 3.78. The number of hydrogen-bond acceptors (Lipinski definition) is 4. The van der Waals surface area contributed by atoms with Crippen molar-refractivity contribution in [2.45, 2.75) is 32.7 Å². The number of methoxy groups -OCH3 is 2. The Morgan fingerprint density at radius 2 is 2.16 bits per heavy atom. The molecule has 1 rings (SSSR count). The predicted molar refractivity (Wildman–Crippen MR) is 71.0 cm³/mol. The van der Waals surface area contributed by atoms with Crippen LogP contribution in [0.4, 0.5) is 4.79 Å². The van der Waals surface area contributed by atoms with Gasteiger partial charge in [-0.25, -0.2) is 9.78 Å². The number of nitrogens with zero attached hydrogens (tertiary/aromatic N) is 1. The molecule has 2 N–H and O–H groups in total. The largest absolute Gasteiger partial charge is 0.495 e. The summed E-state index contributed by atoms with van der Waals surface area (Å²) in [5, 5.41) is 11.1. The fourth-order valence-electron chi connectivity index (χ4n) is 1.86. The standard InChI is InChI=1S/C13H20N2O4/c1-5-9-7-11(18-3)10(15-12(9)19-4)6-8(2)14-13(16)17/h7-8,14H,5-6H2,1-4H3,(H,16,17). The average molecular weight is 268 g/mol. The van der Waals surface area contributed by atoms with Crippen LogP contribution in [0.3, 0.4) is 0 Å². The molecule has 1 aromatic rings. The summed E-state index contributed by atoms with van der Waals surface area (Å²) < 4.78 is 10.5. The topological polar surface area (TPSA) is 80.7 Å². The minimum Gasteiger partial charge on any atom is -0.495 e. The van der Waals surface area contributed by atoms with Crippen LogP contribution in [0.2, 0.25) is 0 Å². The zero-order chi connectivity index (χ0) is 14.4. The van der Waals surface area contributed by atoms with Gasteiger partial charge in [-0.2, -0.15) is 0 Å². The van der Waals surface area contributed by atoms with Gasteiger partial charge in [0.2, 0.25) is 5.88 Å². The number of ether oxygens (including phenoxy) is 2. The molecule has 0 spiro atoms. The first-order chi connectivity index (χ1) is 9.01. The summed E-state index contributed by atoms with van der Waals surface area (Å²) in [5.41, 5.74) is 1.64. The van der Waals surface area contributed by atoms with Crippen molar-refractivity contribution in [3.05, 3.63) is 17.3 Å². The third-order valence-electron chi connectivity index (χ3n) is 2.76.